The van der Waals surface area contributed by atoms with Crippen LogP contribution >= 0.6 is 15.9 Å². The maximum atomic E-state index is 13.5. The molecule has 0 aliphatic rings. The third-order valence-corrected chi connectivity index (χ3v) is 3.75. The molecule has 2 rings (SSSR count). The monoisotopic (exact) mass is 347 g/mol. The summed E-state index contributed by atoms with van der Waals surface area (Å²) in [7, 11) is 0. The molecule has 2 aromatic carbocycles. The maximum absolute atomic E-state index is 13.5. The van der Waals surface area contributed by atoms with Crippen LogP contribution in [-0.2, 0) is 6.18 Å². The van der Waals surface area contributed by atoms with Gasteiger partial charge in [-0.1, -0.05) is 30.3 Å². The quantitative estimate of drug-likeness (QED) is 0.786. The zero-order chi connectivity index (χ0) is 14.9. The largest absolute Gasteiger partial charge is 0.416 e. The summed E-state index contributed by atoms with van der Waals surface area (Å²) in [6, 6.07) is 8.05. The van der Waals surface area contributed by atoms with Crippen LogP contribution in [-0.4, -0.2) is 0 Å². The molecule has 0 saturated carbocycles. The summed E-state index contributed by atoms with van der Waals surface area (Å²) in [5.74, 6) is -0.567. The molecule has 0 radical (unpaired) electrons. The van der Waals surface area contributed by atoms with Crippen LogP contribution < -0.4 is 5.73 Å². The van der Waals surface area contributed by atoms with Gasteiger partial charge in [0.2, 0.25) is 0 Å². The molecule has 6 heteroatoms. The lowest BCUT2D eigenvalue weighted by molar-refractivity contribution is -0.138. The van der Waals surface area contributed by atoms with Crippen LogP contribution in [0.1, 0.15) is 22.7 Å². The van der Waals surface area contributed by atoms with Gasteiger partial charge in [0.15, 0.2) is 0 Å². The third kappa shape index (κ3) is 2.86. The van der Waals surface area contributed by atoms with Crippen molar-refractivity contribution in [1.82, 2.24) is 0 Å². The minimum absolute atomic E-state index is 0.0736. The zero-order valence-corrected chi connectivity index (χ0v) is 11.7. The molecular formula is C14H10BrF4N. The summed E-state index contributed by atoms with van der Waals surface area (Å²) in [5.41, 5.74) is 5.24. The lowest BCUT2D eigenvalue weighted by Crippen LogP contribution is -2.19. The zero-order valence-electron chi connectivity index (χ0n) is 10.1. The smallest absolute Gasteiger partial charge is 0.320 e. The molecule has 0 bridgehead atoms. The first-order valence-corrected chi connectivity index (χ1v) is 6.47. The molecule has 2 N–H and O–H groups in total. The first-order valence-electron chi connectivity index (χ1n) is 5.68. The number of halogens is 5. The molecule has 0 aliphatic heterocycles. The van der Waals surface area contributed by atoms with Gasteiger partial charge in [0.1, 0.15) is 5.82 Å². The molecule has 0 aliphatic carbocycles. The Morgan fingerprint density at radius 3 is 2.20 bits per heavy atom. The Hall–Kier alpha value is -1.40. The van der Waals surface area contributed by atoms with Gasteiger partial charge in [-0.2, -0.15) is 13.2 Å². The molecule has 0 amide bonds. The lowest BCUT2D eigenvalue weighted by Gasteiger charge is -2.19. The fraction of sp³-hybridized carbons (Fsp3) is 0.143. The molecule has 20 heavy (non-hydrogen) atoms. The highest BCUT2D eigenvalue weighted by Gasteiger charge is 2.34. The lowest BCUT2D eigenvalue weighted by atomic mass is 9.95. The van der Waals surface area contributed by atoms with Crippen LogP contribution in [0.15, 0.2) is 46.9 Å². The van der Waals surface area contributed by atoms with Crippen LogP contribution in [0.3, 0.4) is 0 Å². The van der Waals surface area contributed by atoms with Gasteiger partial charge in [-0.25, -0.2) is 4.39 Å². The maximum Gasteiger partial charge on any atom is 0.416 e. The van der Waals surface area contributed by atoms with Gasteiger partial charge in [0, 0.05) is 0 Å². The van der Waals surface area contributed by atoms with E-state index in [0.717, 1.165) is 6.07 Å². The Bertz CT molecular complexity index is 625. The van der Waals surface area contributed by atoms with Crippen LogP contribution in [0, 0.1) is 5.82 Å². The summed E-state index contributed by atoms with van der Waals surface area (Å²) in [6.45, 7) is 0. The Labute approximate surface area is 121 Å². The molecule has 2 aromatic rings. The number of benzene rings is 2. The van der Waals surface area contributed by atoms with Crippen LogP contribution in [0.2, 0.25) is 0 Å². The van der Waals surface area contributed by atoms with E-state index in [1.807, 2.05) is 0 Å². The van der Waals surface area contributed by atoms with Crippen molar-refractivity contribution in [1.29, 1.82) is 0 Å². The summed E-state index contributed by atoms with van der Waals surface area (Å²) in [6.07, 6.45) is -4.51. The van der Waals surface area contributed by atoms with Gasteiger partial charge in [-0.3, -0.25) is 0 Å². The number of alkyl halides is 3. The first kappa shape index (κ1) is 15.0. The molecular weight excluding hydrogens is 338 g/mol. The third-order valence-electron chi connectivity index (χ3n) is 2.92. The Balaban J connectivity index is 2.55. The van der Waals surface area contributed by atoms with E-state index in [1.54, 1.807) is 0 Å². The van der Waals surface area contributed by atoms with Gasteiger partial charge < -0.3 is 5.73 Å². The van der Waals surface area contributed by atoms with E-state index >= 15 is 0 Å². The topological polar surface area (TPSA) is 26.0 Å². The fourth-order valence-corrected chi connectivity index (χ4v) is 2.47. The molecule has 1 atom stereocenters. The Morgan fingerprint density at radius 1 is 0.950 bits per heavy atom. The first-order chi connectivity index (χ1) is 9.32. The standard InChI is InChI=1S/C14H10BrF4N/c15-12-9(5-3-7-11(12)16)13(20)8-4-1-2-6-10(8)14(17,18)19/h1-7,13H,20H2. The second-order valence-corrected chi connectivity index (χ2v) is 5.00. The minimum atomic E-state index is -4.51. The van der Waals surface area contributed by atoms with E-state index in [0.29, 0.717) is 0 Å². The van der Waals surface area contributed by atoms with Gasteiger partial charge >= 0.3 is 6.18 Å². The summed E-state index contributed by atoms with van der Waals surface area (Å²) in [4.78, 5) is 0. The van der Waals surface area contributed by atoms with Crippen molar-refractivity contribution in [2.24, 2.45) is 5.73 Å². The second kappa shape index (κ2) is 5.54. The fourth-order valence-electron chi connectivity index (χ4n) is 1.95. The van der Waals surface area contributed by atoms with Crippen molar-refractivity contribution >= 4 is 15.9 Å². The highest BCUT2D eigenvalue weighted by atomic mass is 79.9. The molecule has 0 saturated heterocycles. The van der Waals surface area contributed by atoms with E-state index in [9.17, 15) is 17.6 Å². The van der Waals surface area contributed by atoms with Crippen molar-refractivity contribution in [3.05, 3.63) is 69.4 Å². The van der Waals surface area contributed by atoms with E-state index in [2.05, 4.69) is 15.9 Å². The summed E-state index contributed by atoms with van der Waals surface area (Å²) >= 11 is 3.02. The summed E-state index contributed by atoms with van der Waals surface area (Å²) in [5, 5.41) is 0. The van der Waals surface area contributed by atoms with E-state index in [-0.39, 0.29) is 15.6 Å². The van der Waals surface area contributed by atoms with Gasteiger partial charge in [-0.15, -0.1) is 0 Å². The number of hydrogen-bond acceptors (Lipinski definition) is 1. The van der Waals surface area contributed by atoms with Crippen molar-refractivity contribution in [2.75, 3.05) is 0 Å². The van der Waals surface area contributed by atoms with E-state index in [4.69, 9.17) is 5.73 Å². The summed E-state index contributed by atoms with van der Waals surface area (Å²) < 4.78 is 52.4. The Morgan fingerprint density at radius 2 is 1.55 bits per heavy atom. The Kier molecular flexibility index (Phi) is 4.15. The molecule has 0 heterocycles. The average molecular weight is 348 g/mol. The normalized spacial score (nSPS) is 13.3. The van der Waals surface area contributed by atoms with Gasteiger partial charge in [-0.05, 0) is 39.2 Å². The molecule has 0 fully saturated rings. The number of rotatable bonds is 2. The second-order valence-electron chi connectivity index (χ2n) is 4.21. The molecule has 0 spiro atoms. The predicted molar refractivity (Wildman–Crippen MR) is 71.6 cm³/mol. The van der Waals surface area contributed by atoms with Crippen molar-refractivity contribution < 1.29 is 17.6 Å². The minimum Gasteiger partial charge on any atom is -0.320 e. The van der Waals surface area contributed by atoms with Crippen molar-refractivity contribution in [2.45, 2.75) is 12.2 Å². The van der Waals surface area contributed by atoms with Crippen LogP contribution in [0.4, 0.5) is 17.6 Å². The highest BCUT2D eigenvalue weighted by molar-refractivity contribution is 9.10. The van der Waals surface area contributed by atoms with E-state index < -0.39 is 23.6 Å². The van der Waals surface area contributed by atoms with Gasteiger partial charge in [0.25, 0.3) is 0 Å². The highest BCUT2D eigenvalue weighted by Crippen LogP contribution is 2.37. The molecule has 0 aromatic heterocycles. The van der Waals surface area contributed by atoms with Crippen LogP contribution in [0.25, 0.3) is 0 Å². The average Bonchev–Trinajstić information content (AvgIpc) is 2.40. The predicted octanol–water partition coefficient (Wildman–Crippen LogP) is 4.66. The molecule has 106 valence electrons. The molecule has 1 unspecified atom stereocenters. The van der Waals surface area contributed by atoms with Gasteiger partial charge in [0.05, 0.1) is 16.1 Å². The SMILES string of the molecule is NC(c1ccccc1C(F)(F)F)c1cccc(F)c1Br. The number of nitrogens with two attached hydrogens (primary N) is 1. The van der Waals surface area contributed by atoms with E-state index in [1.165, 1.54) is 36.4 Å². The van der Waals surface area contributed by atoms with Crippen LogP contribution in [0.5, 0.6) is 0 Å². The number of hydrogen-bond donors (Lipinski definition) is 1. The molecule has 1 nitrogen and oxygen atoms in total. The van der Waals surface area contributed by atoms with Crippen molar-refractivity contribution in [3.63, 3.8) is 0 Å². The van der Waals surface area contributed by atoms with Crippen molar-refractivity contribution in [3.8, 4) is 0 Å².